The van der Waals surface area contributed by atoms with Crippen molar-refractivity contribution in [3.63, 3.8) is 0 Å². The largest absolute Gasteiger partial charge is 0.361 e. The van der Waals surface area contributed by atoms with Crippen LogP contribution >= 0.6 is 11.6 Å². The zero-order chi connectivity index (χ0) is 15.0. The second kappa shape index (κ2) is 5.44. The van der Waals surface area contributed by atoms with Gasteiger partial charge in [0.05, 0.1) is 17.6 Å². The third-order valence-corrected chi connectivity index (χ3v) is 3.90. The molecule has 0 N–H and O–H groups in total. The van der Waals surface area contributed by atoms with E-state index >= 15 is 0 Å². The molecule has 2 aromatic rings. The molecule has 0 saturated carbocycles. The van der Waals surface area contributed by atoms with Gasteiger partial charge >= 0.3 is 0 Å². The molecule has 1 atom stereocenters. The molecule has 2 heterocycles. The Labute approximate surface area is 123 Å². The van der Waals surface area contributed by atoms with Gasteiger partial charge in [-0.3, -0.25) is 4.79 Å². The van der Waals surface area contributed by atoms with Gasteiger partial charge in [0.15, 0.2) is 5.78 Å². The van der Waals surface area contributed by atoms with Gasteiger partial charge in [0.1, 0.15) is 5.76 Å². The Morgan fingerprint density at radius 2 is 2.05 bits per heavy atom. The summed E-state index contributed by atoms with van der Waals surface area (Å²) in [5, 5.41) is 3.45. The number of hydrogen-bond acceptors (Lipinski definition) is 3. The molecule has 0 amide bonds. The third-order valence-electron chi connectivity index (χ3n) is 3.70. The Hall–Kier alpha value is -1.55. The van der Waals surface area contributed by atoms with E-state index in [1.807, 2.05) is 33.8 Å². The molecule has 0 aliphatic heterocycles. The normalized spacial score (nSPS) is 12.7. The van der Waals surface area contributed by atoms with E-state index in [1.54, 1.807) is 6.92 Å². The first-order chi connectivity index (χ1) is 9.32. The molecule has 0 bridgehead atoms. The Morgan fingerprint density at radius 1 is 1.40 bits per heavy atom. The Morgan fingerprint density at radius 3 is 2.55 bits per heavy atom. The molecular weight excluding hydrogens is 276 g/mol. The minimum Gasteiger partial charge on any atom is -0.361 e. The van der Waals surface area contributed by atoms with E-state index < -0.39 is 5.38 Å². The van der Waals surface area contributed by atoms with Gasteiger partial charge < -0.3 is 9.09 Å². The number of nitrogens with zero attached hydrogens (tertiary/aromatic N) is 2. The number of rotatable bonds is 4. The highest BCUT2D eigenvalue weighted by atomic mass is 35.5. The number of ketones is 1. The maximum absolute atomic E-state index is 12.1. The molecule has 108 valence electrons. The molecule has 2 rings (SSSR count). The summed E-state index contributed by atoms with van der Waals surface area (Å²) in [4.78, 5) is 12.1. The van der Waals surface area contributed by atoms with Crippen LogP contribution in [0.5, 0.6) is 0 Å². The molecule has 0 aliphatic carbocycles. The quantitative estimate of drug-likeness (QED) is 0.640. The van der Waals surface area contributed by atoms with Gasteiger partial charge in [-0.25, -0.2) is 0 Å². The second-order valence-corrected chi connectivity index (χ2v) is 5.81. The van der Waals surface area contributed by atoms with Crippen LogP contribution < -0.4 is 0 Å². The van der Waals surface area contributed by atoms with Crippen molar-refractivity contribution in [2.75, 3.05) is 0 Å². The van der Waals surface area contributed by atoms with Crippen molar-refractivity contribution < 1.29 is 9.32 Å². The Balaban J connectivity index is 2.41. The van der Waals surface area contributed by atoms with Crippen LogP contribution in [-0.2, 0) is 6.54 Å². The smallest absolute Gasteiger partial charge is 0.182 e. The van der Waals surface area contributed by atoms with Gasteiger partial charge in [0.25, 0.3) is 0 Å². The summed E-state index contributed by atoms with van der Waals surface area (Å²) in [6, 6.07) is 1.90. The number of carbonyl (C=O) groups is 1. The van der Waals surface area contributed by atoms with E-state index in [0.717, 1.165) is 28.4 Å². The first kappa shape index (κ1) is 14.9. The number of hydrogen-bond donors (Lipinski definition) is 0. The first-order valence-corrected chi connectivity index (χ1v) is 7.03. The van der Waals surface area contributed by atoms with Crippen LogP contribution in [0.3, 0.4) is 0 Å². The summed E-state index contributed by atoms with van der Waals surface area (Å²) >= 11 is 5.91. The average Bonchev–Trinajstić information content (AvgIpc) is 2.84. The van der Waals surface area contributed by atoms with E-state index in [9.17, 15) is 4.79 Å². The SMILES string of the molecule is Cc1noc(C)c1Cn1c(C)cc(C(=O)C(C)Cl)c1C. The average molecular weight is 295 g/mol. The van der Waals surface area contributed by atoms with Crippen molar-refractivity contribution in [3.05, 3.63) is 40.0 Å². The number of carbonyl (C=O) groups excluding carboxylic acids is 1. The topological polar surface area (TPSA) is 48.0 Å². The molecule has 0 radical (unpaired) electrons. The lowest BCUT2D eigenvalue weighted by Gasteiger charge is -2.10. The van der Waals surface area contributed by atoms with Gasteiger partial charge in [-0.2, -0.15) is 0 Å². The molecule has 20 heavy (non-hydrogen) atoms. The van der Waals surface area contributed by atoms with Crippen LogP contribution in [0.2, 0.25) is 0 Å². The molecule has 0 aliphatic rings. The third kappa shape index (κ3) is 2.52. The molecule has 1 unspecified atom stereocenters. The van der Waals surface area contributed by atoms with Crippen LogP contribution in [-0.4, -0.2) is 20.9 Å². The fourth-order valence-electron chi connectivity index (χ4n) is 2.39. The molecule has 5 heteroatoms. The number of halogens is 1. The maximum Gasteiger partial charge on any atom is 0.182 e. The van der Waals surface area contributed by atoms with Crippen molar-refractivity contribution in [1.29, 1.82) is 0 Å². The van der Waals surface area contributed by atoms with Gasteiger partial charge in [-0.1, -0.05) is 5.16 Å². The molecule has 2 aromatic heterocycles. The molecule has 0 aromatic carbocycles. The summed E-state index contributed by atoms with van der Waals surface area (Å²) in [5.74, 6) is 0.776. The highest BCUT2D eigenvalue weighted by Crippen LogP contribution is 2.22. The van der Waals surface area contributed by atoms with E-state index in [2.05, 4.69) is 9.72 Å². The van der Waals surface area contributed by atoms with Crippen LogP contribution in [0.25, 0.3) is 0 Å². The number of aryl methyl sites for hydroxylation is 3. The molecule has 4 nitrogen and oxygen atoms in total. The predicted molar refractivity (Wildman–Crippen MR) is 78.6 cm³/mol. The van der Waals surface area contributed by atoms with Crippen molar-refractivity contribution in [1.82, 2.24) is 9.72 Å². The van der Waals surface area contributed by atoms with Gasteiger partial charge in [-0.05, 0) is 40.7 Å². The monoisotopic (exact) mass is 294 g/mol. The van der Waals surface area contributed by atoms with Crippen molar-refractivity contribution in [3.8, 4) is 0 Å². The first-order valence-electron chi connectivity index (χ1n) is 6.59. The van der Waals surface area contributed by atoms with Crippen LogP contribution in [0, 0.1) is 27.7 Å². The summed E-state index contributed by atoms with van der Waals surface area (Å²) < 4.78 is 7.28. The van der Waals surface area contributed by atoms with Crippen molar-refractivity contribution >= 4 is 17.4 Å². The van der Waals surface area contributed by atoms with Crippen LogP contribution in [0.15, 0.2) is 10.6 Å². The predicted octanol–water partition coefficient (Wildman–Crippen LogP) is 3.57. The number of alkyl halides is 1. The summed E-state index contributed by atoms with van der Waals surface area (Å²) in [6.45, 7) is 10.1. The lowest BCUT2D eigenvalue weighted by atomic mass is 10.1. The van der Waals surface area contributed by atoms with Crippen LogP contribution in [0.1, 0.15) is 45.7 Å². The highest BCUT2D eigenvalue weighted by molar-refractivity contribution is 6.33. The fourth-order valence-corrected chi connectivity index (χ4v) is 2.51. The summed E-state index contributed by atoms with van der Waals surface area (Å²) in [7, 11) is 0. The molecule has 0 spiro atoms. The van der Waals surface area contributed by atoms with Crippen molar-refractivity contribution in [2.24, 2.45) is 0 Å². The second-order valence-electron chi connectivity index (χ2n) is 5.15. The Kier molecular flexibility index (Phi) is 4.04. The summed E-state index contributed by atoms with van der Waals surface area (Å²) in [6.07, 6.45) is 0. The lowest BCUT2D eigenvalue weighted by molar-refractivity contribution is 0.0991. The minimum atomic E-state index is -0.511. The molecule has 0 saturated heterocycles. The van der Waals surface area contributed by atoms with Crippen molar-refractivity contribution in [2.45, 2.75) is 46.5 Å². The fraction of sp³-hybridized carbons (Fsp3) is 0.467. The number of aromatic nitrogens is 2. The standard InChI is InChI=1S/C15H19ClN2O2/c1-8-6-13(15(19)9(2)16)11(4)18(8)7-14-10(3)17-20-12(14)5/h6,9H,7H2,1-5H3. The summed E-state index contributed by atoms with van der Waals surface area (Å²) in [5.41, 5.74) is 4.60. The van der Waals surface area contributed by atoms with E-state index in [0.29, 0.717) is 12.1 Å². The van der Waals surface area contributed by atoms with E-state index in [1.165, 1.54) is 0 Å². The lowest BCUT2D eigenvalue weighted by Crippen LogP contribution is -2.12. The number of Topliss-reactive ketones (excluding diaryl/α,β-unsaturated/α-hetero) is 1. The highest BCUT2D eigenvalue weighted by Gasteiger charge is 2.20. The maximum atomic E-state index is 12.1. The zero-order valence-electron chi connectivity index (χ0n) is 12.5. The Bertz CT molecular complexity index is 634. The van der Waals surface area contributed by atoms with E-state index in [4.69, 9.17) is 16.1 Å². The molecular formula is C15H19ClN2O2. The van der Waals surface area contributed by atoms with Gasteiger partial charge in [0, 0.05) is 22.5 Å². The zero-order valence-corrected chi connectivity index (χ0v) is 13.2. The van der Waals surface area contributed by atoms with E-state index in [-0.39, 0.29) is 5.78 Å². The van der Waals surface area contributed by atoms with Gasteiger partial charge in [-0.15, -0.1) is 11.6 Å². The van der Waals surface area contributed by atoms with Crippen LogP contribution in [0.4, 0.5) is 0 Å². The minimum absolute atomic E-state index is 0.0372. The molecule has 0 fully saturated rings. The van der Waals surface area contributed by atoms with Gasteiger partial charge in [0.2, 0.25) is 0 Å².